The maximum absolute atomic E-state index is 4.18. The Morgan fingerprint density at radius 2 is 0.298 bits per heavy atom. The van der Waals surface area contributed by atoms with E-state index in [1.165, 1.54) is 178 Å². The number of aryl methyl sites for hydroxylation is 39. The normalized spacial score (nSPS) is 9.61. The fraction of sp³-hybridized carbons (Fsp3) is 0.345. The number of nitrogens with zero attached hydrogens (tertiary/aromatic N) is 8. The first kappa shape index (κ1) is 111. The number of hydrogen-bond acceptors (Lipinski definition) is 8. The zero-order valence-electron chi connectivity index (χ0n) is 84.4. The van der Waals surface area contributed by atoms with Crippen molar-refractivity contribution >= 4 is 0 Å². The molecule has 0 bridgehead atoms. The van der Waals surface area contributed by atoms with E-state index in [4.69, 9.17) is 0 Å². The van der Waals surface area contributed by atoms with E-state index in [1.54, 1.807) is 0 Å². The molecule has 0 atom stereocenters. The molecule has 0 spiro atoms. The lowest BCUT2D eigenvalue weighted by Gasteiger charge is -2.04. The smallest absolute Gasteiger partial charge is 0.0401 e. The van der Waals surface area contributed by atoms with Crippen LogP contribution in [0, 0.1) is 277 Å². The molecule has 0 aliphatic heterocycles. The van der Waals surface area contributed by atoms with Crippen molar-refractivity contribution < 1.29 is 0 Å². The van der Waals surface area contributed by atoms with Crippen LogP contribution in [0.4, 0.5) is 0 Å². The van der Waals surface area contributed by atoms with E-state index < -0.39 is 0 Å². The highest BCUT2D eigenvalue weighted by molar-refractivity contribution is 5.37. The standard InChI is InChI=1S/C10H14.4C9H12.6C8H11N.C8H10.2C7H9N/c1-7-5-8(2)10(4)9(3)6-7;4*1-7-4-5-8(2)9(3)6-7;4*1-6-4-8(3)9-5-7(6)2;2*1-6-4-7(2)8(3)9-5-6;1-7-3-5-8(2)6-4-7;2*1-6-3-4-7(2)8-5-6/h5-6H,1-4H3;4*4-6H,1-3H3;6*4-5H,1-3H3;3-6H,1-2H3;2*3-5H,1-2H3. The first-order valence-corrected chi connectivity index (χ1v) is 43.4. The van der Waals surface area contributed by atoms with E-state index in [9.17, 15) is 0 Å². The van der Waals surface area contributed by atoms with Crippen LogP contribution in [0.1, 0.15) is 224 Å². The van der Waals surface area contributed by atoms with Gasteiger partial charge in [-0.15, -0.1) is 0 Å². The molecule has 0 amide bonds. The summed E-state index contributed by atoms with van der Waals surface area (Å²) >= 11 is 0. The van der Waals surface area contributed by atoms with Crippen LogP contribution in [-0.4, -0.2) is 39.9 Å². The Balaban J connectivity index is 0.000000668. The molecule has 8 heterocycles. The zero-order valence-corrected chi connectivity index (χ0v) is 84.4. The van der Waals surface area contributed by atoms with Gasteiger partial charge in [0.05, 0.1) is 0 Å². The van der Waals surface area contributed by atoms with Crippen LogP contribution >= 0.6 is 0 Å². The Morgan fingerprint density at radius 1 is 0.113 bits per heavy atom. The Bertz CT molecular complexity index is 4460. The van der Waals surface area contributed by atoms with Crippen LogP contribution in [0.5, 0.6) is 0 Å². The molecule has 0 aliphatic carbocycles. The second kappa shape index (κ2) is 58.6. The molecule has 14 aromatic rings. The lowest BCUT2D eigenvalue weighted by Crippen LogP contribution is -1.86. The van der Waals surface area contributed by atoms with Crippen molar-refractivity contribution in [3.8, 4) is 0 Å². The highest BCUT2D eigenvalue weighted by Gasteiger charge is 2.00. The summed E-state index contributed by atoms with van der Waals surface area (Å²) in [5.74, 6) is 0. The molecule has 124 heavy (non-hydrogen) atoms. The Kier molecular flexibility index (Phi) is 52.2. The summed E-state index contributed by atoms with van der Waals surface area (Å²) < 4.78 is 0. The summed E-state index contributed by atoms with van der Waals surface area (Å²) in [5, 5.41) is 0. The monoisotopic (exact) mass is 1660 g/mol. The molecule has 0 saturated carbocycles. The maximum Gasteiger partial charge on any atom is 0.0401 e. The molecular weight excluding hydrogens is 1510 g/mol. The molecule has 6 aromatic carbocycles. The molecule has 14 rings (SSSR count). The van der Waals surface area contributed by atoms with Crippen molar-refractivity contribution in [1.29, 1.82) is 0 Å². The van der Waals surface area contributed by atoms with E-state index in [0.29, 0.717) is 0 Å². The number of pyridine rings is 8. The number of hydrogen-bond donors (Lipinski definition) is 0. The number of benzene rings is 6. The van der Waals surface area contributed by atoms with Gasteiger partial charge in [-0.1, -0.05) is 172 Å². The van der Waals surface area contributed by atoms with Gasteiger partial charge in [-0.2, -0.15) is 0 Å². The Morgan fingerprint density at radius 3 is 0.468 bits per heavy atom. The minimum atomic E-state index is 1.08. The fourth-order valence-corrected chi connectivity index (χ4v) is 11.2. The van der Waals surface area contributed by atoms with E-state index in [-0.39, 0.29) is 0 Å². The third-order valence-corrected chi connectivity index (χ3v) is 21.0. The third-order valence-electron chi connectivity index (χ3n) is 21.0. The summed E-state index contributed by atoms with van der Waals surface area (Å²) in [6, 6.07) is 59.7. The molecule has 8 nitrogen and oxygen atoms in total. The minimum Gasteiger partial charge on any atom is -0.261 e. The number of rotatable bonds is 0. The van der Waals surface area contributed by atoms with E-state index >= 15 is 0 Å². The van der Waals surface area contributed by atoms with Gasteiger partial charge in [0.2, 0.25) is 0 Å². The molecule has 0 radical (unpaired) electrons. The first-order valence-electron chi connectivity index (χ1n) is 43.4. The van der Waals surface area contributed by atoms with Gasteiger partial charge in [0.1, 0.15) is 0 Å². The van der Waals surface area contributed by atoms with Gasteiger partial charge in [0.25, 0.3) is 0 Å². The van der Waals surface area contributed by atoms with E-state index in [2.05, 4.69) is 405 Å². The lowest BCUT2D eigenvalue weighted by atomic mass is 10.0. The summed E-state index contributed by atoms with van der Waals surface area (Å²) in [6.07, 6.45) is 15.2. The largest absolute Gasteiger partial charge is 0.261 e. The lowest BCUT2D eigenvalue weighted by molar-refractivity contribution is 1.12. The van der Waals surface area contributed by atoms with Crippen molar-refractivity contribution in [1.82, 2.24) is 39.9 Å². The third kappa shape index (κ3) is 49.0. The predicted molar refractivity (Wildman–Crippen MR) is 542 cm³/mol. The van der Waals surface area contributed by atoms with Gasteiger partial charge < -0.3 is 0 Å². The van der Waals surface area contributed by atoms with Gasteiger partial charge in [0, 0.05) is 95.1 Å². The van der Waals surface area contributed by atoms with Crippen molar-refractivity contribution in [3.63, 3.8) is 0 Å². The van der Waals surface area contributed by atoms with Crippen LogP contribution in [-0.2, 0) is 0 Å². The van der Waals surface area contributed by atoms with Crippen LogP contribution < -0.4 is 0 Å². The number of aromatic nitrogens is 8. The van der Waals surface area contributed by atoms with Crippen LogP contribution in [0.2, 0.25) is 0 Å². The van der Waals surface area contributed by atoms with Gasteiger partial charge in [-0.3, -0.25) is 39.9 Å². The van der Waals surface area contributed by atoms with Gasteiger partial charge in [0.15, 0.2) is 0 Å². The molecular formula is C116H156N8. The van der Waals surface area contributed by atoms with Gasteiger partial charge in [-0.25, -0.2) is 0 Å². The summed E-state index contributed by atoms with van der Waals surface area (Å²) in [6.45, 7) is 83.5. The molecule has 0 saturated heterocycles. The average Bonchev–Trinajstić information content (AvgIpc) is 0.866. The quantitative estimate of drug-likeness (QED) is 0.148. The highest BCUT2D eigenvalue weighted by Crippen LogP contribution is 2.17. The topological polar surface area (TPSA) is 103 Å². The molecule has 0 aliphatic rings. The molecule has 660 valence electrons. The minimum absolute atomic E-state index is 1.08. The van der Waals surface area contributed by atoms with Crippen molar-refractivity contribution in [2.24, 2.45) is 0 Å². The van der Waals surface area contributed by atoms with Crippen molar-refractivity contribution in [3.05, 3.63) is 443 Å². The van der Waals surface area contributed by atoms with Gasteiger partial charge >= 0.3 is 0 Å². The maximum atomic E-state index is 4.18. The second-order valence-electron chi connectivity index (χ2n) is 34.0. The second-order valence-corrected chi connectivity index (χ2v) is 34.0. The van der Waals surface area contributed by atoms with E-state index in [0.717, 1.165) is 45.6 Å². The van der Waals surface area contributed by atoms with Crippen LogP contribution in [0.15, 0.2) is 219 Å². The highest BCUT2D eigenvalue weighted by atomic mass is 14.7. The van der Waals surface area contributed by atoms with Crippen molar-refractivity contribution in [2.75, 3.05) is 0 Å². The van der Waals surface area contributed by atoms with Crippen molar-refractivity contribution in [2.45, 2.75) is 277 Å². The van der Waals surface area contributed by atoms with E-state index in [1.807, 2.05) is 131 Å². The Hall–Kier alpha value is -11.5. The molecule has 8 heteroatoms. The molecule has 8 aromatic heterocycles. The summed E-state index contributed by atoms with van der Waals surface area (Å²) in [5.41, 5.74) is 51.3. The SMILES string of the molecule is Cc1cc(C)c(C)c(C)c1.Cc1cc(C)c(C)cn1.Cc1cc(C)c(C)cn1.Cc1cc(C)c(C)cn1.Cc1cc(C)c(C)cn1.Cc1ccc(C)c(C)c1.Cc1ccc(C)c(C)c1.Cc1ccc(C)c(C)c1.Cc1ccc(C)c(C)c1.Cc1ccc(C)cc1.Cc1ccc(C)nc1.Cc1ccc(C)nc1.Cc1cnc(C)c(C)c1.Cc1cnc(C)c(C)c1. The molecule has 0 unspecified atom stereocenters. The fourth-order valence-electron chi connectivity index (χ4n) is 11.2. The van der Waals surface area contributed by atoms with Gasteiger partial charge in [-0.05, 0) is 452 Å². The summed E-state index contributed by atoms with van der Waals surface area (Å²) in [7, 11) is 0. The zero-order chi connectivity index (χ0) is 94.2. The summed E-state index contributed by atoms with van der Waals surface area (Å²) in [4.78, 5) is 33.1. The first-order chi connectivity index (χ1) is 58.0. The Labute approximate surface area is 755 Å². The molecule has 0 N–H and O–H groups in total. The van der Waals surface area contributed by atoms with Crippen LogP contribution in [0.25, 0.3) is 0 Å². The molecule has 0 fully saturated rings. The predicted octanol–water partition coefficient (Wildman–Crippen LogP) is 31.1. The van der Waals surface area contributed by atoms with Crippen LogP contribution in [0.3, 0.4) is 0 Å². The average molecular weight is 1660 g/mol.